The van der Waals surface area contributed by atoms with Crippen molar-refractivity contribution in [2.75, 3.05) is 6.54 Å². The van der Waals surface area contributed by atoms with Crippen molar-refractivity contribution in [3.05, 3.63) is 40.8 Å². The van der Waals surface area contributed by atoms with Gasteiger partial charge < -0.3 is 11.1 Å². The number of rotatable bonds is 7. The number of alkyl halides is 3. The van der Waals surface area contributed by atoms with Crippen LogP contribution in [0.5, 0.6) is 0 Å². The molecule has 3 N–H and O–H groups in total. The first-order chi connectivity index (χ1) is 12.3. The Morgan fingerprint density at radius 2 is 2.19 bits per heavy atom. The Morgan fingerprint density at radius 3 is 2.77 bits per heavy atom. The summed E-state index contributed by atoms with van der Waals surface area (Å²) >= 11 is 5.93. The fourth-order valence-electron chi connectivity index (χ4n) is 2.44. The molecule has 0 spiro atoms. The van der Waals surface area contributed by atoms with Crippen LogP contribution in [-0.2, 0) is 6.18 Å². The number of halogens is 4. The van der Waals surface area contributed by atoms with E-state index in [1.165, 1.54) is 18.3 Å². The number of carbonyl (C=O) groups excluding carboxylic acids is 1. The lowest BCUT2D eigenvalue weighted by Gasteiger charge is -2.17. The highest BCUT2D eigenvalue weighted by Gasteiger charge is 2.41. The average molecular weight is 390 g/mol. The predicted octanol–water partition coefficient (Wildman–Crippen LogP) is 3.19. The lowest BCUT2D eigenvalue weighted by atomic mass is 10.1. The van der Waals surface area contributed by atoms with E-state index in [4.69, 9.17) is 17.3 Å². The van der Waals surface area contributed by atoms with Crippen LogP contribution in [-0.4, -0.2) is 33.3 Å². The monoisotopic (exact) mass is 389 g/mol. The molecule has 0 aliphatic carbocycles. The van der Waals surface area contributed by atoms with E-state index in [9.17, 15) is 18.0 Å². The second-order valence-corrected chi connectivity index (χ2v) is 6.08. The molecule has 6 nitrogen and oxygen atoms in total. The molecular weight excluding hydrogens is 371 g/mol. The second-order valence-electron chi connectivity index (χ2n) is 5.67. The first-order valence-corrected chi connectivity index (χ1v) is 8.44. The highest BCUT2D eigenvalue weighted by molar-refractivity contribution is 6.32. The maximum atomic E-state index is 13.6. The fourth-order valence-corrected chi connectivity index (χ4v) is 2.65. The van der Waals surface area contributed by atoms with E-state index in [-0.39, 0.29) is 17.4 Å². The molecule has 0 saturated heterocycles. The summed E-state index contributed by atoms with van der Waals surface area (Å²) in [6, 6.07) is 2.46. The van der Waals surface area contributed by atoms with Crippen LogP contribution < -0.4 is 11.1 Å². The zero-order chi connectivity index (χ0) is 19.3. The predicted molar refractivity (Wildman–Crippen MR) is 91.2 cm³/mol. The van der Waals surface area contributed by atoms with Crippen LogP contribution in [0.15, 0.2) is 24.5 Å². The molecule has 0 saturated carbocycles. The van der Waals surface area contributed by atoms with E-state index in [0.717, 1.165) is 19.0 Å². The first kappa shape index (κ1) is 20.2. The quantitative estimate of drug-likeness (QED) is 0.761. The maximum Gasteiger partial charge on any atom is 0.434 e. The topological polar surface area (TPSA) is 85.8 Å². The number of hydrogen-bond donors (Lipinski definition) is 2. The number of aromatic nitrogens is 3. The van der Waals surface area contributed by atoms with Crippen LogP contribution in [0, 0.1) is 0 Å². The Labute approximate surface area is 153 Å². The maximum absolute atomic E-state index is 13.6. The van der Waals surface area contributed by atoms with Gasteiger partial charge in [-0.3, -0.25) is 4.79 Å². The Bertz CT molecular complexity index is 763. The molecule has 0 aliphatic rings. The minimum absolute atomic E-state index is 0.0177. The molecule has 1 atom stereocenters. The largest absolute Gasteiger partial charge is 0.434 e. The Hall–Kier alpha value is -2.13. The van der Waals surface area contributed by atoms with E-state index in [0.29, 0.717) is 11.1 Å². The minimum atomic E-state index is -4.83. The Morgan fingerprint density at radius 1 is 1.46 bits per heavy atom. The molecule has 0 aliphatic heterocycles. The summed E-state index contributed by atoms with van der Waals surface area (Å²) in [5.41, 5.74) is 3.76. The van der Waals surface area contributed by atoms with Gasteiger partial charge in [-0.05, 0) is 18.6 Å². The lowest BCUT2D eigenvalue weighted by molar-refractivity contribution is -0.143. The van der Waals surface area contributed by atoms with Crippen molar-refractivity contribution in [1.29, 1.82) is 0 Å². The number of unbranched alkanes of at least 4 members (excludes halogenated alkanes) is 1. The molecule has 26 heavy (non-hydrogen) atoms. The molecule has 2 aromatic heterocycles. The fraction of sp³-hybridized carbons (Fsp3) is 0.438. The Balaban J connectivity index is 2.41. The molecule has 0 bridgehead atoms. The third kappa shape index (κ3) is 4.53. The zero-order valence-electron chi connectivity index (χ0n) is 14.1. The van der Waals surface area contributed by atoms with Gasteiger partial charge in [0.25, 0.3) is 5.91 Å². The van der Waals surface area contributed by atoms with Crippen LogP contribution in [0.4, 0.5) is 13.2 Å². The molecular formula is C16H19ClF3N5O. The van der Waals surface area contributed by atoms with E-state index >= 15 is 0 Å². The van der Waals surface area contributed by atoms with Gasteiger partial charge in [-0.15, -0.1) is 0 Å². The number of pyridine rings is 1. The molecule has 2 aromatic rings. The molecule has 142 valence electrons. The molecule has 2 heterocycles. The smallest absolute Gasteiger partial charge is 0.348 e. The highest BCUT2D eigenvalue weighted by atomic mass is 35.5. The molecule has 0 radical (unpaired) electrons. The van der Waals surface area contributed by atoms with Crippen molar-refractivity contribution >= 4 is 17.5 Å². The molecule has 0 fully saturated rings. The number of nitrogens with zero attached hydrogens (tertiary/aromatic N) is 3. The molecule has 10 heteroatoms. The van der Waals surface area contributed by atoms with Gasteiger partial charge in [0.05, 0.1) is 16.8 Å². The summed E-state index contributed by atoms with van der Waals surface area (Å²) in [5, 5.41) is 6.21. The van der Waals surface area contributed by atoms with Crippen LogP contribution in [0.25, 0.3) is 5.82 Å². The number of hydrogen-bond acceptors (Lipinski definition) is 4. The van der Waals surface area contributed by atoms with Gasteiger partial charge in [0.2, 0.25) is 0 Å². The number of nitrogens with one attached hydrogen (secondary N) is 1. The van der Waals surface area contributed by atoms with Crippen LogP contribution in [0.2, 0.25) is 5.02 Å². The van der Waals surface area contributed by atoms with Gasteiger partial charge >= 0.3 is 6.18 Å². The van der Waals surface area contributed by atoms with Crippen LogP contribution in [0.3, 0.4) is 0 Å². The van der Waals surface area contributed by atoms with Crippen molar-refractivity contribution in [2.24, 2.45) is 5.73 Å². The standard InChI is InChI=1S/C16H19ClF3N5O/c1-2-3-5-10(8-21)24-15(26)11-9-23-25(13(11)16(18,19)20)14-12(17)6-4-7-22-14/h4,6-7,9-10H,2-3,5,8,21H2,1H3,(H,24,26)/t10-/m1/s1. The summed E-state index contributed by atoms with van der Waals surface area (Å²) in [4.78, 5) is 16.2. The molecule has 1 amide bonds. The number of nitrogens with two attached hydrogens (primary N) is 1. The van der Waals surface area contributed by atoms with Crippen LogP contribution in [0.1, 0.15) is 42.2 Å². The van der Waals surface area contributed by atoms with Crippen molar-refractivity contribution in [2.45, 2.75) is 38.4 Å². The molecule has 0 aromatic carbocycles. The first-order valence-electron chi connectivity index (χ1n) is 8.06. The minimum Gasteiger partial charge on any atom is -0.348 e. The summed E-state index contributed by atoms with van der Waals surface area (Å²) in [5.74, 6) is -1.09. The molecule has 0 unspecified atom stereocenters. The van der Waals surface area contributed by atoms with Crippen molar-refractivity contribution in [1.82, 2.24) is 20.1 Å². The van der Waals surface area contributed by atoms with Gasteiger partial charge in [0.15, 0.2) is 11.5 Å². The van der Waals surface area contributed by atoms with Gasteiger partial charge in [0, 0.05) is 18.8 Å². The van der Waals surface area contributed by atoms with Gasteiger partial charge in [-0.1, -0.05) is 31.4 Å². The van der Waals surface area contributed by atoms with E-state index in [2.05, 4.69) is 15.4 Å². The average Bonchev–Trinajstić information content (AvgIpc) is 3.04. The van der Waals surface area contributed by atoms with E-state index in [1.807, 2.05) is 6.92 Å². The number of amides is 1. The summed E-state index contributed by atoms with van der Waals surface area (Å²) in [6.07, 6.45) is -0.409. The van der Waals surface area contributed by atoms with Gasteiger partial charge in [-0.25, -0.2) is 9.67 Å². The van der Waals surface area contributed by atoms with Crippen LogP contribution >= 0.6 is 11.6 Å². The summed E-state index contributed by atoms with van der Waals surface area (Å²) < 4.78 is 41.3. The van der Waals surface area contributed by atoms with Crippen molar-refractivity contribution < 1.29 is 18.0 Å². The Kier molecular flexibility index (Phi) is 6.60. The van der Waals surface area contributed by atoms with Gasteiger partial charge in [-0.2, -0.15) is 18.3 Å². The van der Waals surface area contributed by atoms with E-state index < -0.39 is 29.4 Å². The normalized spacial score (nSPS) is 12.8. The third-order valence-corrected chi connectivity index (χ3v) is 4.04. The third-order valence-electron chi connectivity index (χ3n) is 3.75. The molecule has 2 rings (SSSR count). The SMILES string of the molecule is CCCC[C@H](CN)NC(=O)c1cnn(-c2ncccc2Cl)c1C(F)(F)F. The zero-order valence-corrected chi connectivity index (χ0v) is 14.8. The van der Waals surface area contributed by atoms with Crippen molar-refractivity contribution in [3.63, 3.8) is 0 Å². The number of carbonyl (C=O) groups is 1. The lowest BCUT2D eigenvalue weighted by Crippen LogP contribution is -2.40. The van der Waals surface area contributed by atoms with Crippen molar-refractivity contribution in [3.8, 4) is 5.82 Å². The second kappa shape index (κ2) is 8.50. The van der Waals surface area contributed by atoms with Gasteiger partial charge in [0.1, 0.15) is 0 Å². The van der Waals surface area contributed by atoms with E-state index in [1.54, 1.807) is 0 Å². The summed E-state index contributed by atoms with van der Waals surface area (Å²) in [7, 11) is 0. The summed E-state index contributed by atoms with van der Waals surface area (Å²) in [6.45, 7) is 2.10. The highest BCUT2D eigenvalue weighted by Crippen LogP contribution is 2.34.